The topological polar surface area (TPSA) is 84.2 Å². The molecule has 0 radical (unpaired) electrons. The summed E-state index contributed by atoms with van der Waals surface area (Å²) < 4.78 is 14.7. The molecular weight excluding hydrogens is 397 g/mol. The number of nitrogens with one attached hydrogen (secondary N) is 1. The maximum Gasteiger partial charge on any atom is 0.284 e. The number of aromatic nitrogens is 2. The maximum atomic E-state index is 13.7. The summed E-state index contributed by atoms with van der Waals surface area (Å²) >= 11 is 5.93. The van der Waals surface area contributed by atoms with Gasteiger partial charge in [-0.3, -0.25) is 9.59 Å². The Morgan fingerprint density at radius 1 is 1.24 bits per heavy atom. The summed E-state index contributed by atoms with van der Waals surface area (Å²) in [6.07, 6.45) is 0. The molecule has 6 nitrogen and oxygen atoms in total. The van der Waals surface area contributed by atoms with Crippen molar-refractivity contribution in [3.63, 3.8) is 0 Å². The Balaban J connectivity index is 2.12. The Morgan fingerprint density at radius 2 is 1.97 bits per heavy atom. The van der Waals surface area contributed by atoms with Gasteiger partial charge in [0.15, 0.2) is 0 Å². The molecule has 8 heteroatoms. The van der Waals surface area contributed by atoms with Crippen LogP contribution in [0, 0.1) is 11.7 Å². The molecule has 3 rings (SSSR count). The van der Waals surface area contributed by atoms with Gasteiger partial charge in [0.25, 0.3) is 11.5 Å². The van der Waals surface area contributed by atoms with Crippen molar-refractivity contribution in [1.29, 1.82) is 0 Å². The SMILES string of the molecule is C[C@@H](CO)CNC(=O)c1cc(-c2ccc(Cl)cc2)nn(-c2cccc(F)c2)c1=O. The standard InChI is InChI=1S/C21H19ClFN3O3/c1-13(12-27)11-24-20(28)18-10-19(14-5-7-15(22)8-6-14)25-26(21(18)29)17-4-2-3-16(23)9-17/h2-10,13,27H,11-12H2,1H3,(H,24,28)/t13-/m1/s1. The predicted molar refractivity (Wildman–Crippen MR) is 109 cm³/mol. The molecule has 0 aliphatic carbocycles. The summed E-state index contributed by atoms with van der Waals surface area (Å²) in [4.78, 5) is 25.6. The van der Waals surface area contributed by atoms with Gasteiger partial charge in [-0.25, -0.2) is 4.39 Å². The van der Waals surface area contributed by atoms with E-state index in [1.807, 2.05) is 0 Å². The number of carbonyl (C=O) groups excluding carboxylic acids is 1. The third kappa shape index (κ3) is 4.88. The summed E-state index contributed by atoms with van der Waals surface area (Å²) in [6.45, 7) is 1.87. The molecule has 0 unspecified atom stereocenters. The molecule has 2 aromatic carbocycles. The molecule has 1 atom stereocenters. The first-order valence-corrected chi connectivity index (χ1v) is 9.32. The molecule has 1 aromatic heterocycles. The van der Waals surface area contributed by atoms with E-state index in [9.17, 15) is 14.0 Å². The van der Waals surface area contributed by atoms with Gasteiger partial charge in [0.2, 0.25) is 0 Å². The minimum Gasteiger partial charge on any atom is -0.396 e. The zero-order valence-electron chi connectivity index (χ0n) is 15.6. The number of carbonyl (C=O) groups is 1. The molecule has 3 aromatic rings. The first-order chi connectivity index (χ1) is 13.9. The molecule has 2 N–H and O–H groups in total. The van der Waals surface area contributed by atoms with E-state index in [-0.39, 0.29) is 30.3 Å². The molecule has 1 amide bonds. The lowest BCUT2D eigenvalue weighted by molar-refractivity contribution is 0.0940. The van der Waals surface area contributed by atoms with E-state index in [1.54, 1.807) is 31.2 Å². The fourth-order valence-corrected chi connectivity index (χ4v) is 2.75. The van der Waals surface area contributed by atoms with Gasteiger partial charge < -0.3 is 10.4 Å². The van der Waals surface area contributed by atoms with Crippen molar-refractivity contribution >= 4 is 17.5 Å². The van der Waals surface area contributed by atoms with Crippen LogP contribution in [-0.2, 0) is 0 Å². The molecule has 0 fully saturated rings. The fraction of sp³-hybridized carbons (Fsp3) is 0.190. The third-order valence-electron chi connectivity index (χ3n) is 4.27. The zero-order valence-corrected chi connectivity index (χ0v) is 16.4. The molecule has 150 valence electrons. The van der Waals surface area contributed by atoms with Crippen molar-refractivity contribution < 1.29 is 14.3 Å². The van der Waals surface area contributed by atoms with E-state index in [0.717, 1.165) is 10.7 Å². The van der Waals surface area contributed by atoms with Gasteiger partial charge in [0.1, 0.15) is 11.4 Å². The minimum atomic E-state index is -0.678. The highest BCUT2D eigenvalue weighted by Gasteiger charge is 2.18. The molecule has 0 saturated carbocycles. The lowest BCUT2D eigenvalue weighted by Gasteiger charge is -2.13. The predicted octanol–water partition coefficient (Wildman–Crippen LogP) is 3.05. The quantitative estimate of drug-likeness (QED) is 0.648. The highest BCUT2D eigenvalue weighted by atomic mass is 35.5. The van der Waals surface area contributed by atoms with E-state index in [4.69, 9.17) is 16.7 Å². The third-order valence-corrected chi connectivity index (χ3v) is 4.52. The van der Waals surface area contributed by atoms with Crippen LogP contribution in [-0.4, -0.2) is 33.9 Å². The van der Waals surface area contributed by atoms with Crippen LogP contribution in [0.5, 0.6) is 0 Å². The van der Waals surface area contributed by atoms with Gasteiger partial charge in [0.05, 0.1) is 11.4 Å². The van der Waals surface area contributed by atoms with Crippen LogP contribution >= 0.6 is 11.6 Å². The van der Waals surface area contributed by atoms with Crippen LogP contribution in [0.2, 0.25) is 5.02 Å². The molecule has 0 saturated heterocycles. The van der Waals surface area contributed by atoms with Crippen molar-refractivity contribution in [2.24, 2.45) is 5.92 Å². The van der Waals surface area contributed by atoms with Crippen LogP contribution in [0.25, 0.3) is 16.9 Å². The molecule has 0 aliphatic rings. The van der Waals surface area contributed by atoms with Crippen molar-refractivity contribution in [3.05, 3.63) is 81.4 Å². The second-order valence-corrected chi connectivity index (χ2v) is 7.08. The largest absolute Gasteiger partial charge is 0.396 e. The van der Waals surface area contributed by atoms with Crippen LogP contribution in [0.15, 0.2) is 59.4 Å². The lowest BCUT2D eigenvalue weighted by atomic mass is 10.1. The first kappa shape index (κ1) is 20.7. The van der Waals surface area contributed by atoms with Crippen molar-refractivity contribution in [1.82, 2.24) is 15.1 Å². The smallest absolute Gasteiger partial charge is 0.284 e. The number of aliphatic hydroxyl groups excluding tert-OH is 1. The molecule has 1 heterocycles. The molecule has 29 heavy (non-hydrogen) atoms. The Labute approximate surface area is 171 Å². The molecule has 0 bridgehead atoms. The van der Waals surface area contributed by atoms with Gasteiger partial charge >= 0.3 is 0 Å². The average molecular weight is 416 g/mol. The number of nitrogens with zero attached hydrogens (tertiary/aromatic N) is 2. The average Bonchev–Trinajstić information content (AvgIpc) is 2.72. The number of hydrogen-bond donors (Lipinski definition) is 2. The van der Waals surface area contributed by atoms with Gasteiger partial charge in [-0.2, -0.15) is 9.78 Å². The van der Waals surface area contributed by atoms with Crippen molar-refractivity contribution in [2.75, 3.05) is 13.2 Å². The molecule has 0 aliphatic heterocycles. The number of halogens is 2. The highest BCUT2D eigenvalue weighted by Crippen LogP contribution is 2.20. The van der Waals surface area contributed by atoms with Crippen LogP contribution < -0.4 is 10.9 Å². The lowest BCUT2D eigenvalue weighted by Crippen LogP contribution is -2.36. The Morgan fingerprint density at radius 3 is 2.62 bits per heavy atom. The van der Waals surface area contributed by atoms with Gasteiger partial charge in [-0.1, -0.05) is 36.7 Å². The highest BCUT2D eigenvalue weighted by molar-refractivity contribution is 6.30. The second kappa shape index (κ2) is 8.98. The van der Waals surface area contributed by atoms with Gasteiger partial charge in [-0.05, 0) is 42.3 Å². The number of aliphatic hydroxyl groups is 1. The van der Waals surface area contributed by atoms with E-state index in [2.05, 4.69) is 10.4 Å². The number of benzene rings is 2. The van der Waals surface area contributed by atoms with Crippen LogP contribution in [0.1, 0.15) is 17.3 Å². The number of hydrogen-bond acceptors (Lipinski definition) is 4. The summed E-state index contributed by atoms with van der Waals surface area (Å²) in [5.74, 6) is -1.30. The maximum absolute atomic E-state index is 13.7. The van der Waals surface area contributed by atoms with E-state index < -0.39 is 17.3 Å². The van der Waals surface area contributed by atoms with Crippen molar-refractivity contribution in [3.8, 4) is 16.9 Å². The Hall–Kier alpha value is -3.03. The second-order valence-electron chi connectivity index (χ2n) is 6.64. The number of amides is 1. The van der Waals surface area contributed by atoms with Gasteiger partial charge in [0, 0.05) is 23.7 Å². The van der Waals surface area contributed by atoms with Gasteiger partial charge in [-0.15, -0.1) is 0 Å². The zero-order chi connectivity index (χ0) is 21.0. The normalized spacial score (nSPS) is 11.9. The van der Waals surface area contributed by atoms with E-state index in [0.29, 0.717) is 16.3 Å². The number of rotatable bonds is 6. The monoisotopic (exact) mass is 415 g/mol. The fourth-order valence-electron chi connectivity index (χ4n) is 2.63. The first-order valence-electron chi connectivity index (χ1n) is 8.94. The molecule has 0 spiro atoms. The van der Waals surface area contributed by atoms with Crippen molar-refractivity contribution in [2.45, 2.75) is 6.92 Å². The Bertz CT molecular complexity index is 1080. The van der Waals surface area contributed by atoms with E-state index in [1.165, 1.54) is 24.3 Å². The minimum absolute atomic E-state index is 0.0970. The molecular formula is C21H19ClFN3O3. The summed E-state index contributed by atoms with van der Waals surface area (Å²) in [5.41, 5.74) is 0.369. The summed E-state index contributed by atoms with van der Waals surface area (Å²) in [7, 11) is 0. The van der Waals surface area contributed by atoms with Crippen LogP contribution in [0.4, 0.5) is 4.39 Å². The summed E-state index contributed by atoms with van der Waals surface area (Å²) in [6, 6.07) is 13.5. The summed E-state index contributed by atoms with van der Waals surface area (Å²) in [5, 5.41) is 16.6. The Kier molecular flexibility index (Phi) is 6.41. The van der Waals surface area contributed by atoms with Crippen LogP contribution in [0.3, 0.4) is 0 Å². The van der Waals surface area contributed by atoms with E-state index >= 15 is 0 Å².